The molecule has 4 rings (SSSR count). The SMILES string of the molecule is COc1ccc(-c2csc3ncn(C4CCN(C)C4=O)c(=O)c23)c(OC)c1. The Morgan fingerprint density at radius 1 is 1.19 bits per heavy atom. The molecule has 3 aromatic rings. The summed E-state index contributed by atoms with van der Waals surface area (Å²) in [6, 6.07) is 4.98. The lowest BCUT2D eigenvalue weighted by Crippen LogP contribution is -2.31. The summed E-state index contributed by atoms with van der Waals surface area (Å²) < 4.78 is 12.2. The third-order valence-corrected chi connectivity index (χ3v) is 5.84. The Morgan fingerprint density at radius 3 is 2.67 bits per heavy atom. The van der Waals surface area contributed by atoms with Crippen LogP contribution in [0.25, 0.3) is 21.3 Å². The van der Waals surface area contributed by atoms with Gasteiger partial charge in [-0.25, -0.2) is 4.98 Å². The van der Waals surface area contributed by atoms with Crippen molar-refractivity contribution >= 4 is 27.5 Å². The lowest BCUT2D eigenvalue weighted by Gasteiger charge is -2.13. The summed E-state index contributed by atoms with van der Waals surface area (Å²) in [6.07, 6.45) is 2.09. The number of aromatic nitrogens is 2. The van der Waals surface area contributed by atoms with E-state index in [0.717, 1.165) is 11.1 Å². The number of nitrogens with zero attached hydrogens (tertiary/aromatic N) is 3. The van der Waals surface area contributed by atoms with Gasteiger partial charge in [0.1, 0.15) is 22.4 Å². The second-order valence-corrected chi connectivity index (χ2v) is 7.28. The molecule has 8 heteroatoms. The van der Waals surface area contributed by atoms with Crippen molar-refractivity contribution in [3.8, 4) is 22.6 Å². The summed E-state index contributed by atoms with van der Waals surface area (Å²) in [5.41, 5.74) is 1.33. The third-order valence-electron chi connectivity index (χ3n) is 4.95. The van der Waals surface area contributed by atoms with Crippen molar-refractivity contribution in [2.75, 3.05) is 27.8 Å². The van der Waals surface area contributed by atoms with E-state index in [0.29, 0.717) is 34.7 Å². The van der Waals surface area contributed by atoms with Crippen molar-refractivity contribution in [2.24, 2.45) is 0 Å². The number of fused-ring (bicyclic) bond motifs is 1. The second kappa shape index (κ2) is 6.70. The summed E-state index contributed by atoms with van der Waals surface area (Å²) in [7, 11) is 4.92. The molecular formula is C19H19N3O4S. The van der Waals surface area contributed by atoms with Crippen molar-refractivity contribution in [2.45, 2.75) is 12.5 Å². The van der Waals surface area contributed by atoms with Crippen LogP contribution in [0.1, 0.15) is 12.5 Å². The van der Waals surface area contributed by atoms with Crippen LogP contribution in [-0.2, 0) is 4.79 Å². The third kappa shape index (κ3) is 2.76. The Balaban J connectivity index is 1.90. The fraction of sp³-hybridized carbons (Fsp3) is 0.316. The highest BCUT2D eigenvalue weighted by atomic mass is 32.1. The molecule has 0 radical (unpaired) electrons. The molecule has 0 bridgehead atoms. The molecule has 1 atom stereocenters. The van der Waals surface area contributed by atoms with E-state index in [1.165, 1.54) is 22.2 Å². The number of methoxy groups -OCH3 is 2. The zero-order valence-electron chi connectivity index (χ0n) is 15.3. The van der Waals surface area contributed by atoms with Gasteiger partial charge in [-0.3, -0.25) is 14.2 Å². The van der Waals surface area contributed by atoms with Crippen LogP contribution in [0, 0.1) is 0 Å². The molecular weight excluding hydrogens is 366 g/mol. The molecule has 0 spiro atoms. The molecule has 27 heavy (non-hydrogen) atoms. The lowest BCUT2D eigenvalue weighted by molar-refractivity contribution is -0.129. The zero-order chi connectivity index (χ0) is 19.1. The Bertz CT molecular complexity index is 1090. The van der Waals surface area contributed by atoms with Crippen LogP contribution < -0.4 is 15.0 Å². The fourth-order valence-corrected chi connectivity index (χ4v) is 4.35. The van der Waals surface area contributed by atoms with Gasteiger partial charge < -0.3 is 14.4 Å². The predicted octanol–water partition coefficient (Wildman–Crippen LogP) is 2.55. The van der Waals surface area contributed by atoms with Crippen LogP contribution in [0.15, 0.2) is 34.7 Å². The van der Waals surface area contributed by atoms with Crippen LogP contribution in [0.4, 0.5) is 0 Å². The molecule has 3 heterocycles. The molecule has 0 saturated carbocycles. The normalized spacial score (nSPS) is 16.9. The van der Waals surface area contributed by atoms with Gasteiger partial charge in [0.15, 0.2) is 0 Å². The summed E-state index contributed by atoms with van der Waals surface area (Å²) in [5.74, 6) is 1.22. The number of carbonyl (C=O) groups is 1. The van der Waals surface area contributed by atoms with Crippen molar-refractivity contribution in [3.63, 3.8) is 0 Å². The number of likely N-dealkylation sites (N-methyl/N-ethyl adjacent to an activating group) is 1. The number of ether oxygens (including phenoxy) is 2. The molecule has 1 aliphatic heterocycles. The molecule has 1 aliphatic rings. The van der Waals surface area contributed by atoms with Gasteiger partial charge in [0, 0.05) is 36.2 Å². The smallest absolute Gasteiger partial charge is 0.263 e. The Labute approximate surface area is 159 Å². The maximum absolute atomic E-state index is 13.2. The number of hydrogen-bond acceptors (Lipinski definition) is 6. The summed E-state index contributed by atoms with van der Waals surface area (Å²) in [4.78, 5) is 32.3. The van der Waals surface area contributed by atoms with Crippen molar-refractivity contribution in [1.29, 1.82) is 0 Å². The highest BCUT2D eigenvalue weighted by Crippen LogP contribution is 2.38. The van der Waals surface area contributed by atoms with Crippen molar-refractivity contribution in [1.82, 2.24) is 14.5 Å². The number of thiophene rings is 1. The maximum atomic E-state index is 13.2. The van der Waals surface area contributed by atoms with E-state index in [2.05, 4.69) is 4.98 Å². The van der Waals surface area contributed by atoms with Crippen LogP contribution in [-0.4, -0.2) is 48.2 Å². The predicted molar refractivity (Wildman–Crippen MR) is 104 cm³/mol. The van der Waals surface area contributed by atoms with Gasteiger partial charge in [0.2, 0.25) is 5.91 Å². The van der Waals surface area contributed by atoms with E-state index in [9.17, 15) is 9.59 Å². The first-order valence-electron chi connectivity index (χ1n) is 8.51. The molecule has 1 unspecified atom stereocenters. The molecule has 1 saturated heterocycles. The number of rotatable bonds is 4. The summed E-state index contributed by atoms with van der Waals surface area (Å²) >= 11 is 1.40. The summed E-state index contributed by atoms with van der Waals surface area (Å²) in [5, 5.41) is 2.41. The number of hydrogen-bond donors (Lipinski definition) is 0. The summed E-state index contributed by atoms with van der Waals surface area (Å²) in [6.45, 7) is 0.636. The van der Waals surface area contributed by atoms with E-state index in [1.54, 1.807) is 32.2 Å². The Morgan fingerprint density at radius 2 is 2.00 bits per heavy atom. The fourth-order valence-electron chi connectivity index (χ4n) is 3.45. The second-order valence-electron chi connectivity index (χ2n) is 6.42. The quantitative estimate of drug-likeness (QED) is 0.690. The average molecular weight is 385 g/mol. The molecule has 140 valence electrons. The first-order chi connectivity index (χ1) is 13.0. The Kier molecular flexibility index (Phi) is 4.35. The van der Waals surface area contributed by atoms with E-state index in [4.69, 9.17) is 9.47 Å². The molecule has 7 nitrogen and oxygen atoms in total. The minimum absolute atomic E-state index is 0.0583. The highest BCUT2D eigenvalue weighted by molar-refractivity contribution is 7.17. The van der Waals surface area contributed by atoms with Gasteiger partial charge in [-0.1, -0.05) is 0 Å². The maximum Gasteiger partial charge on any atom is 0.263 e. The monoisotopic (exact) mass is 385 g/mol. The minimum Gasteiger partial charge on any atom is -0.497 e. The van der Waals surface area contributed by atoms with Crippen molar-refractivity contribution in [3.05, 3.63) is 40.3 Å². The average Bonchev–Trinajstić information content (AvgIpc) is 3.26. The highest BCUT2D eigenvalue weighted by Gasteiger charge is 2.32. The number of likely N-dealkylation sites (tertiary alicyclic amines) is 1. The van der Waals surface area contributed by atoms with Gasteiger partial charge in [-0.05, 0) is 18.6 Å². The van der Waals surface area contributed by atoms with E-state index in [1.807, 2.05) is 17.5 Å². The van der Waals surface area contributed by atoms with Crippen LogP contribution in [0.3, 0.4) is 0 Å². The standard InChI is InChI=1S/C19H19N3O4S/c1-21-7-6-14(18(21)23)22-10-20-17-16(19(22)24)13(9-27-17)12-5-4-11(25-2)8-15(12)26-3/h4-5,8-10,14H,6-7H2,1-3H3. The first-order valence-corrected chi connectivity index (χ1v) is 9.38. The minimum atomic E-state index is -0.495. The van der Waals surface area contributed by atoms with Crippen LogP contribution in [0.2, 0.25) is 0 Å². The molecule has 1 aromatic carbocycles. The van der Waals surface area contributed by atoms with Gasteiger partial charge in [-0.2, -0.15) is 0 Å². The van der Waals surface area contributed by atoms with E-state index < -0.39 is 6.04 Å². The molecule has 0 aliphatic carbocycles. The zero-order valence-corrected chi connectivity index (χ0v) is 16.1. The van der Waals surface area contributed by atoms with Gasteiger partial charge in [-0.15, -0.1) is 11.3 Å². The Hall–Kier alpha value is -2.87. The first kappa shape index (κ1) is 17.5. The van der Waals surface area contributed by atoms with Gasteiger partial charge in [0.25, 0.3) is 5.56 Å². The number of amides is 1. The number of carbonyl (C=O) groups excluding carboxylic acids is 1. The van der Waals surface area contributed by atoms with E-state index >= 15 is 0 Å². The molecule has 1 fully saturated rings. The van der Waals surface area contributed by atoms with Crippen molar-refractivity contribution < 1.29 is 14.3 Å². The van der Waals surface area contributed by atoms with Gasteiger partial charge in [0.05, 0.1) is 25.9 Å². The molecule has 1 amide bonds. The van der Waals surface area contributed by atoms with E-state index in [-0.39, 0.29) is 11.5 Å². The molecule has 2 aromatic heterocycles. The van der Waals surface area contributed by atoms with Crippen LogP contribution in [0.5, 0.6) is 11.5 Å². The lowest BCUT2D eigenvalue weighted by atomic mass is 10.0. The molecule has 0 N–H and O–H groups in total. The largest absolute Gasteiger partial charge is 0.497 e. The topological polar surface area (TPSA) is 73.7 Å². The van der Waals surface area contributed by atoms with Crippen LogP contribution >= 0.6 is 11.3 Å². The number of benzene rings is 1. The van der Waals surface area contributed by atoms with Gasteiger partial charge >= 0.3 is 0 Å².